The summed E-state index contributed by atoms with van der Waals surface area (Å²) >= 11 is 0. The first-order chi connectivity index (χ1) is 6.15. The van der Waals surface area contributed by atoms with Crippen LogP contribution in [-0.4, -0.2) is 0 Å². The van der Waals surface area contributed by atoms with Crippen molar-refractivity contribution in [3.8, 4) is 0 Å². The Balaban J connectivity index is 2.97. The summed E-state index contributed by atoms with van der Waals surface area (Å²) in [6.07, 6.45) is 2.30. The van der Waals surface area contributed by atoms with Gasteiger partial charge >= 0.3 is 0 Å². The van der Waals surface area contributed by atoms with Gasteiger partial charge in [0.25, 0.3) is 0 Å². The second-order valence-corrected chi connectivity index (χ2v) is 3.16. The van der Waals surface area contributed by atoms with Gasteiger partial charge in [-0.3, -0.25) is 0 Å². The summed E-state index contributed by atoms with van der Waals surface area (Å²) in [5, 5.41) is 0. The number of benzene rings is 1. The molecule has 2 N–H and O–H groups in total. The molecule has 1 aromatic carbocycles. The Kier molecular flexibility index (Phi) is 3.20. The van der Waals surface area contributed by atoms with E-state index in [0.717, 1.165) is 5.56 Å². The monoisotopic (exact) mass is 179 g/mol. The predicted octanol–water partition coefficient (Wildman–Crippen LogP) is 2.71. The van der Waals surface area contributed by atoms with Gasteiger partial charge in [-0.2, -0.15) is 0 Å². The molecule has 2 heteroatoms. The Morgan fingerprint density at radius 2 is 2.31 bits per heavy atom. The van der Waals surface area contributed by atoms with E-state index >= 15 is 0 Å². The molecule has 1 nitrogen and oxygen atoms in total. The van der Waals surface area contributed by atoms with E-state index < -0.39 is 0 Å². The highest BCUT2D eigenvalue weighted by Gasteiger charge is 2.09. The lowest BCUT2D eigenvalue weighted by Gasteiger charge is -2.11. The molecule has 1 aromatic rings. The molecule has 0 spiro atoms. The first-order valence-corrected chi connectivity index (χ1v) is 4.27. The second-order valence-electron chi connectivity index (χ2n) is 3.16. The zero-order chi connectivity index (χ0) is 9.84. The lowest BCUT2D eigenvalue weighted by Crippen LogP contribution is -2.11. The number of rotatable bonds is 3. The van der Waals surface area contributed by atoms with E-state index in [4.69, 9.17) is 5.73 Å². The molecule has 0 heterocycles. The Bertz CT molecular complexity index is 307. The van der Waals surface area contributed by atoms with Crippen molar-refractivity contribution in [1.29, 1.82) is 0 Å². The van der Waals surface area contributed by atoms with Crippen molar-refractivity contribution in [2.45, 2.75) is 19.4 Å². The van der Waals surface area contributed by atoms with Crippen molar-refractivity contribution in [3.05, 3.63) is 47.8 Å². The molecular formula is C11H14FN. The van der Waals surface area contributed by atoms with Gasteiger partial charge in [-0.25, -0.2) is 4.39 Å². The van der Waals surface area contributed by atoms with Crippen LogP contribution in [0.2, 0.25) is 0 Å². The van der Waals surface area contributed by atoms with Crippen LogP contribution in [0.25, 0.3) is 0 Å². The van der Waals surface area contributed by atoms with Gasteiger partial charge < -0.3 is 5.73 Å². The van der Waals surface area contributed by atoms with Crippen molar-refractivity contribution in [2.24, 2.45) is 5.73 Å². The lowest BCUT2D eigenvalue weighted by atomic mass is 10.0. The normalized spacial score (nSPS) is 12.5. The molecule has 0 bridgehead atoms. The number of halogens is 1. The molecule has 1 rings (SSSR count). The Hall–Kier alpha value is -1.15. The van der Waals surface area contributed by atoms with Crippen LogP contribution in [0.4, 0.5) is 4.39 Å². The predicted molar refractivity (Wildman–Crippen MR) is 52.9 cm³/mol. The van der Waals surface area contributed by atoms with E-state index in [-0.39, 0.29) is 11.9 Å². The quantitative estimate of drug-likeness (QED) is 0.709. The first kappa shape index (κ1) is 9.93. The fraction of sp³-hybridized carbons (Fsp3) is 0.273. The van der Waals surface area contributed by atoms with Gasteiger partial charge in [0.1, 0.15) is 5.82 Å². The van der Waals surface area contributed by atoms with Gasteiger partial charge in [0, 0.05) is 11.6 Å². The molecule has 0 saturated carbocycles. The molecule has 0 fully saturated rings. The zero-order valence-corrected chi connectivity index (χ0v) is 7.76. The first-order valence-electron chi connectivity index (χ1n) is 4.27. The molecule has 0 aliphatic carbocycles. The average molecular weight is 179 g/mol. The maximum atomic E-state index is 13.2. The molecule has 0 unspecified atom stereocenters. The minimum Gasteiger partial charge on any atom is -0.324 e. The van der Waals surface area contributed by atoms with Gasteiger partial charge in [0.05, 0.1) is 0 Å². The fourth-order valence-corrected chi connectivity index (χ4v) is 1.25. The number of aryl methyl sites for hydroxylation is 1. The average Bonchev–Trinajstić information content (AvgIpc) is 2.09. The van der Waals surface area contributed by atoms with Crippen LogP contribution < -0.4 is 5.73 Å². The van der Waals surface area contributed by atoms with Crippen molar-refractivity contribution in [2.75, 3.05) is 0 Å². The third kappa shape index (κ3) is 2.39. The number of hydrogen-bond donors (Lipinski definition) is 1. The molecule has 0 aromatic heterocycles. The van der Waals surface area contributed by atoms with E-state index in [9.17, 15) is 4.39 Å². The summed E-state index contributed by atoms with van der Waals surface area (Å²) < 4.78 is 13.2. The van der Waals surface area contributed by atoms with Gasteiger partial charge in [-0.15, -0.1) is 6.58 Å². The Morgan fingerprint density at radius 3 is 2.92 bits per heavy atom. The van der Waals surface area contributed by atoms with Crippen LogP contribution in [0.15, 0.2) is 30.9 Å². The zero-order valence-electron chi connectivity index (χ0n) is 7.76. The lowest BCUT2D eigenvalue weighted by molar-refractivity contribution is 0.583. The summed E-state index contributed by atoms with van der Waals surface area (Å²) in [5.74, 6) is -0.236. The highest BCUT2D eigenvalue weighted by atomic mass is 19.1. The molecule has 70 valence electrons. The highest BCUT2D eigenvalue weighted by Crippen LogP contribution is 2.19. The molecule has 0 aliphatic heterocycles. The maximum Gasteiger partial charge on any atom is 0.128 e. The van der Waals surface area contributed by atoms with Crippen LogP contribution in [0, 0.1) is 12.7 Å². The molecule has 0 aliphatic rings. The third-order valence-electron chi connectivity index (χ3n) is 1.97. The fourth-order valence-electron chi connectivity index (χ4n) is 1.25. The van der Waals surface area contributed by atoms with Gasteiger partial charge in [-0.1, -0.05) is 23.8 Å². The van der Waals surface area contributed by atoms with Gasteiger partial charge in [0.15, 0.2) is 0 Å². The topological polar surface area (TPSA) is 26.0 Å². The van der Waals surface area contributed by atoms with Crippen LogP contribution >= 0.6 is 0 Å². The van der Waals surface area contributed by atoms with Gasteiger partial charge in [0.2, 0.25) is 0 Å². The van der Waals surface area contributed by atoms with Crippen molar-refractivity contribution in [3.63, 3.8) is 0 Å². The molecule has 0 radical (unpaired) electrons. The van der Waals surface area contributed by atoms with Crippen LogP contribution in [0.3, 0.4) is 0 Å². The summed E-state index contributed by atoms with van der Waals surface area (Å²) in [6, 6.07) is 4.69. The van der Waals surface area contributed by atoms with Gasteiger partial charge in [-0.05, 0) is 19.4 Å². The third-order valence-corrected chi connectivity index (χ3v) is 1.97. The highest BCUT2D eigenvalue weighted by molar-refractivity contribution is 5.26. The standard InChI is InChI=1S/C11H14FN/c1-3-4-11(13)9-7-8(2)5-6-10(9)12/h3,5-7,11H,1,4,13H2,2H3/t11-/m0/s1. The Labute approximate surface area is 78.1 Å². The van der Waals surface area contributed by atoms with Crippen molar-refractivity contribution in [1.82, 2.24) is 0 Å². The number of hydrogen-bond acceptors (Lipinski definition) is 1. The van der Waals surface area contributed by atoms with Crippen LogP contribution in [0.1, 0.15) is 23.6 Å². The summed E-state index contributed by atoms with van der Waals surface area (Å²) in [5.41, 5.74) is 7.36. The molecule has 0 amide bonds. The molecule has 13 heavy (non-hydrogen) atoms. The van der Waals surface area contributed by atoms with E-state index in [0.29, 0.717) is 12.0 Å². The summed E-state index contributed by atoms with van der Waals surface area (Å²) in [6.45, 7) is 5.50. The summed E-state index contributed by atoms with van der Waals surface area (Å²) in [7, 11) is 0. The van der Waals surface area contributed by atoms with E-state index in [2.05, 4.69) is 6.58 Å². The van der Waals surface area contributed by atoms with Crippen molar-refractivity contribution >= 4 is 0 Å². The molecular weight excluding hydrogens is 165 g/mol. The SMILES string of the molecule is C=CC[C@H](N)c1cc(C)ccc1F. The van der Waals surface area contributed by atoms with E-state index in [1.165, 1.54) is 6.07 Å². The largest absolute Gasteiger partial charge is 0.324 e. The Morgan fingerprint density at radius 1 is 1.62 bits per heavy atom. The van der Waals surface area contributed by atoms with Crippen LogP contribution in [-0.2, 0) is 0 Å². The van der Waals surface area contributed by atoms with Crippen molar-refractivity contribution < 1.29 is 4.39 Å². The molecule has 0 saturated heterocycles. The molecule has 1 atom stereocenters. The minimum atomic E-state index is -0.280. The minimum absolute atomic E-state index is 0.236. The van der Waals surface area contributed by atoms with Crippen LogP contribution in [0.5, 0.6) is 0 Å². The van der Waals surface area contributed by atoms with E-state index in [1.54, 1.807) is 18.2 Å². The number of nitrogens with two attached hydrogens (primary N) is 1. The maximum absolute atomic E-state index is 13.2. The second kappa shape index (κ2) is 4.19. The summed E-state index contributed by atoms with van der Waals surface area (Å²) in [4.78, 5) is 0. The smallest absolute Gasteiger partial charge is 0.128 e. The van der Waals surface area contributed by atoms with E-state index in [1.807, 2.05) is 6.92 Å².